The minimum absolute atomic E-state index is 0.0347. The van der Waals surface area contributed by atoms with Crippen LogP contribution in [-0.4, -0.2) is 86.7 Å². The van der Waals surface area contributed by atoms with Gasteiger partial charge in [0.25, 0.3) is 5.91 Å². The van der Waals surface area contributed by atoms with Gasteiger partial charge in [-0.25, -0.2) is 9.59 Å². The second-order valence-electron chi connectivity index (χ2n) is 8.66. The number of fused-ring (bicyclic) bond motifs is 1. The molecule has 2 aromatic heterocycles. The quantitative estimate of drug-likeness (QED) is 0.469. The van der Waals surface area contributed by atoms with Crippen LogP contribution < -0.4 is 5.32 Å². The number of nitrogens with zero attached hydrogens (tertiary/aromatic N) is 3. The van der Waals surface area contributed by atoms with Crippen molar-refractivity contribution in [3.05, 3.63) is 54.1 Å². The van der Waals surface area contributed by atoms with Crippen LogP contribution in [0.15, 0.2) is 42.9 Å². The minimum Gasteiger partial charge on any atom is -0.475 e. The third-order valence-corrected chi connectivity index (χ3v) is 5.70. The van der Waals surface area contributed by atoms with Crippen LogP contribution in [0.5, 0.6) is 0 Å². The van der Waals surface area contributed by atoms with E-state index in [0.717, 1.165) is 26.1 Å². The lowest BCUT2D eigenvalue weighted by Crippen LogP contribution is -2.34. The van der Waals surface area contributed by atoms with E-state index in [4.69, 9.17) is 24.5 Å². The van der Waals surface area contributed by atoms with Gasteiger partial charge in [-0.05, 0) is 36.2 Å². The van der Waals surface area contributed by atoms with Crippen molar-refractivity contribution < 1.29 is 55.7 Å². The van der Waals surface area contributed by atoms with Gasteiger partial charge in [-0.1, -0.05) is 0 Å². The Morgan fingerprint density at radius 3 is 2.05 bits per heavy atom. The topological polar surface area (TPSA) is 134 Å². The van der Waals surface area contributed by atoms with E-state index in [2.05, 4.69) is 27.3 Å². The lowest BCUT2D eigenvalue weighted by molar-refractivity contribution is -0.193. The molecular weight excluding hydrogens is 542 g/mol. The summed E-state index contributed by atoms with van der Waals surface area (Å²) in [5, 5.41) is 17.3. The zero-order valence-electron chi connectivity index (χ0n) is 20.4. The first kappa shape index (κ1) is 31.6. The van der Waals surface area contributed by atoms with Crippen LogP contribution in [0.4, 0.5) is 26.3 Å². The van der Waals surface area contributed by atoms with Gasteiger partial charge in [0, 0.05) is 57.7 Å². The standard InChI is InChI=1S/C19H24N4O2.2C2HF3O2/c1-22-8-2-3-17(22)19(24)21-10-16-9-15-12-23(13-18(15)25-16)11-14-4-6-20-7-5-14;2*3-2(4,5)1(6)7/h2-8,15-16,18H,9-13H2,1H3,(H,21,24);2*(H,6,7)/t15-,16-,18+;;/m1../s1. The van der Waals surface area contributed by atoms with Crippen LogP contribution >= 0.6 is 0 Å². The molecule has 0 aliphatic carbocycles. The summed E-state index contributed by atoms with van der Waals surface area (Å²) >= 11 is 0. The first-order valence-electron chi connectivity index (χ1n) is 11.3. The summed E-state index contributed by atoms with van der Waals surface area (Å²) in [5.74, 6) is -4.98. The summed E-state index contributed by atoms with van der Waals surface area (Å²) in [7, 11) is 1.88. The number of carbonyl (C=O) groups is 3. The Morgan fingerprint density at radius 2 is 1.59 bits per heavy atom. The number of rotatable bonds is 5. The maximum atomic E-state index is 12.2. The van der Waals surface area contributed by atoms with E-state index in [0.29, 0.717) is 24.3 Å². The number of ether oxygens (including phenoxy) is 1. The molecule has 0 radical (unpaired) electrons. The molecule has 0 bridgehead atoms. The highest BCUT2D eigenvalue weighted by Gasteiger charge is 2.42. The number of hydrogen-bond donors (Lipinski definition) is 3. The van der Waals surface area contributed by atoms with Crippen molar-refractivity contribution in [3.63, 3.8) is 0 Å². The van der Waals surface area contributed by atoms with E-state index in [1.807, 2.05) is 42.3 Å². The zero-order chi connectivity index (χ0) is 29.4. The first-order valence-corrected chi connectivity index (χ1v) is 11.3. The molecule has 2 aliphatic heterocycles. The number of carbonyl (C=O) groups excluding carboxylic acids is 1. The number of aromatic nitrogens is 2. The van der Waals surface area contributed by atoms with Gasteiger partial charge in [0.15, 0.2) is 0 Å². The summed E-state index contributed by atoms with van der Waals surface area (Å²) < 4.78 is 71.5. The highest BCUT2D eigenvalue weighted by molar-refractivity contribution is 5.92. The summed E-state index contributed by atoms with van der Waals surface area (Å²) in [6.45, 7) is 3.57. The molecule has 2 saturated heterocycles. The number of carboxylic acids is 2. The van der Waals surface area contributed by atoms with Crippen LogP contribution in [0.25, 0.3) is 0 Å². The van der Waals surface area contributed by atoms with Crippen molar-refractivity contribution in [2.75, 3.05) is 19.6 Å². The van der Waals surface area contributed by atoms with Gasteiger partial charge in [0.05, 0.1) is 12.2 Å². The van der Waals surface area contributed by atoms with E-state index in [1.165, 1.54) is 5.56 Å². The number of aliphatic carboxylic acids is 2. The number of likely N-dealkylation sites (tertiary alicyclic amines) is 1. The Labute approximate surface area is 218 Å². The average molecular weight is 568 g/mol. The molecule has 3 N–H and O–H groups in total. The number of carboxylic acid groups (broad SMARTS) is 2. The molecule has 0 unspecified atom stereocenters. The lowest BCUT2D eigenvalue weighted by Gasteiger charge is -2.19. The van der Waals surface area contributed by atoms with E-state index in [9.17, 15) is 31.1 Å². The van der Waals surface area contributed by atoms with Crippen LogP contribution in [0.2, 0.25) is 0 Å². The molecule has 216 valence electrons. The maximum absolute atomic E-state index is 12.2. The van der Waals surface area contributed by atoms with Crippen LogP contribution in [0.1, 0.15) is 22.5 Å². The SMILES string of the molecule is Cn1cccc1C(=O)NC[C@H]1C[C@@H]2CN(Cc3ccncc3)C[C@@H]2O1.O=C(O)C(F)(F)F.O=C(O)C(F)(F)F. The molecular formula is C23H26F6N4O6. The maximum Gasteiger partial charge on any atom is 0.490 e. The van der Waals surface area contributed by atoms with Crippen LogP contribution in [-0.2, 0) is 27.9 Å². The predicted octanol–water partition coefficient (Wildman–Crippen LogP) is 2.71. The Bertz CT molecular complexity index is 1070. The van der Waals surface area contributed by atoms with Crippen LogP contribution in [0, 0.1) is 5.92 Å². The largest absolute Gasteiger partial charge is 0.490 e. The molecule has 1 amide bonds. The molecule has 4 rings (SSSR count). The molecule has 10 nitrogen and oxygen atoms in total. The van der Waals surface area contributed by atoms with Crippen molar-refractivity contribution in [1.29, 1.82) is 0 Å². The number of amides is 1. The van der Waals surface area contributed by atoms with Gasteiger partial charge in [-0.15, -0.1) is 0 Å². The van der Waals surface area contributed by atoms with Gasteiger partial charge >= 0.3 is 24.3 Å². The van der Waals surface area contributed by atoms with Crippen molar-refractivity contribution in [1.82, 2.24) is 19.8 Å². The van der Waals surface area contributed by atoms with Crippen molar-refractivity contribution in [3.8, 4) is 0 Å². The second-order valence-corrected chi connectivity index (χ2v) is 8.66. The first-order chi connectivity index (χ1) is 18.1. The molecule has 0 aromatic carbocycles. The Balaban J connectivity index is 0.000000317. The number of nitrogens with one attached hydrogen (secondary N) is 1. The summed E-state index contributed by atoms with van der Waals surface area (Å²) in [5.41, 5.74) is 1.98. The molecule has 2 aromatic rings. The van der Waals surface area contributed by atoms with Gasteiger partial charge < -0.3 is 24.8 Å². The molecule has 2 fully saturated rings. The predicted molar refractivity (Wildman–Crippen MR) is 121 cm³/mol. The normalized spacial score (nSPS) is 20.6. The van der Waals surface area contributed by atoms with Gasteiger partial charge in [0.1, 0.15) is 5.69 Å². The molecule has 16 heteroatoms. The lowest BCUT2D eigenvalue weighted by atomic mass is 10.0. The molecule has 4 heterocycles. The monoisotopic (exact) mass is 568 g/mol. The molecule has 0 spiro atoms. The Hall–Kier alpha value is -3.66. The van der Waals surface area contributed by atoms with E-state index in [1.54, 1.807) is 0 Å². The zero-order valence-corrected chi connectivity index (χ0v) is 20.4. The van der Waals surface area contributed by atoms with Crippen molar-refractivity contribution in [2.45, 2.75) is 37.5 Å². The van der Waals surface area contributed by atoms with E-state index >= 15 is 0 Å². The van der Waals surface area contributed by atoms with Gasteiger partial charge in [-0.2, -0.15) is 26.3 Å². The molecule has 2 aliphatic rings. The Kier molecular flexibility index (Phi) is 10.9. The molecule has 0 saturated carbocycles. The molecule has 3 atom stereocenters. The fourth-order valence-corrected chi connectivity index (χ4v) is 3.95. The van der Waals surface area contributed by atoms with Crippen molar-refractivity contribution >= 4 is 17.8 Å². The van der Waals surface area contributed by atoms with E-state index in [-0.39, 0.29) is 12.0 Å². The minimum atomic E-state index is -5.08. The fraction of sp³-hybridized carbons (Fsp3) is 0.478. The molecule has 39 heavy (non-hydrogen) atoms. The van der Waals surface area contributed by atoms with Crippen molar-refractivity contribution in [2.24, 2.45) is 13.0 Å². The van der Waals surface area contributed by atoms with Gasteiger partial charge in [-0.3, -0.25) is 14.7 Å². The fourth-order valence-electron chi connectivity index (χ4n) is 3.95. The Morgan fingerprint density at radius 1 is 1.03 bits per heavy atom. The average Bonchev–Trinajstić information content (AvgIpc) is 3.52. The number of aryl methyl sites for hydroxylation is 1. The number of halogens is 6. The third kappa shape index (κ3) is 10.2. The highest BCUT2D eigenvalue weighted by atomic mass is 19.4. The summed E-state index contributed by atoms with van der Waals surface area (Å²) in [6, 6.07) is 7.84. The second kappa shape index (κ2) is 13.4. The number of pyridine rings is 1. The highest BCUT2D eigenvalue weighted by Crippen LogP contribution is 2.33. The summed E-state index contributed by atoms with van der Waals surface area (Å²) in [6.07, 6.45) is -3.17. The number of hydrogen-bond acceptors (Lipinski definition) is 6. The third-order valence-electron chi connectivity index (χ3n) is 5.70. The van der Waals surface area contributed by atoms with E-state index < -0.39 is 24.3 Å². The smallest absolute Gasteiger partial charge is 0.475 e. The van der Waals surface area contributed by atoms with Gasteiger partial charge in [0.2, 0.25) is 0 Å². The summed E-state index contributed by atoms with van der Waals surface area (Å²) in [4.78, 5) is 36.5. The number of alkyl halides is 6. The van der Waals surface area contributed by atoms with Crippen LogP contribution in [0.3, 0.4) is 0 Å².